The molecule has 0 radical (unpaired) electrons. The first kappa shape index (κ1) is 16.6. The number of benzene rings is 1. The molecule has 0 aliphatic carbocycles. The molecule has 1 heterocycles. The fourth-order valence-corrected chi connectivity index (χ4v) is 1.88. The van der Waals surface area contributed by atoms with Crippen molar-refractivity contribution in [3.05, 3.63) is 42.2 Å². The first-order valence-corrected chi connectivity index (χ1v) is 7.10. The monoisotopic (exact) mass is 313 g/mol. The van der Waals surface area contributed by atoms with Gasteiger partial charge in [-0.1, -0.05) is 24.3 Å². The molecule has 1 aromatic carbocycles. The Labute approximate surface area is 135 Å². The molecule has 0 saturated carbocycles. The predicted octanol–water partition coefficient (Wildman–Crippen LogP) is 2.72. The van der Waals surface area contributed by atoms with Gasteiger partial charge in [0.1, 0.15) is 6.61 Å². The Morgan fingerprint density at radius 3 is 2.43 bits per heavy atom. The van der Waals surface area contributed by atoms with Crippen LogP contribution in [0.15, 0.2) is 36.7 Å². The van der Waals surface area contributed by atoms with Gasteiger partial charge in [0, 0.05) is 11.8 Å². The third kappa shape index (κ3) is 4.12. The van der Waals surface area contributed by atoms with Crippen molar-refractivity contribution in [3.8, 4) is 17.1 Å². The summed E-state index contributed by atoms with van der Waals surface area (Å²) in [5, 5.41) is 7.19. The fraction of sp³-hybridized carbons (Fsp3) is 0.294. The van der Waals surface area contributed by atoms with E-state index in [4.69, 9.17) is 14.9 Å². The van der Waals surface area contributed by atoms with Crippen LogP contribution in [0.25, 0.3) is 11.3 Å². The van der Waals surface area contributed by atoms with Crippen molar-refractivity contribution in [1.29, 1.82) is 5.41 Å². The second-order valence-corrected chi connectivity index (χ2v) is 5.67. The topological polar surface area (TPSA) is 85.2 Å². The van der Waals surface area contributed by atoms with Gasteiger partial charge < -0.3 is 14.9 Å². The van der Waals surface area contributed by atoms with E-state index >= 15 is 0 Å². The molecule has 23 heavy (non-hydrogen) atoms. The predicted molar refractivity (Wildman–Crippen MR) is 86.6 cm³/mol. The number of rotatable bonds is 6. The molecule has 6 nitrogen and oxygen atoms in total. The number of aromatic nitrogens is 2. The van der Waals surface area contributed by atoms with Gasteiger partial charge in [0.15, 0.2) is 0 Å². The summed E-state index contributed by atoms with van der Waals surface area (Å²) in [5.41, 5.74) is 1.69. The number of ether oxygens (including phenoxy) is 2. The summed E-state index contributed by atoms with van der Waals surface area (Å²) >= 11 is 0. The average Bonchev–Trinajstić information content (AvgIpc) is 2.60. The number of carbonyl (C=O) groups is 1. The second-order valence-electron chi connectivity index (χ2n) is 5.67. The van der Waals surface area contributed by atoms with Gasteiger partial charge in [-0.25, -0.2) is 9.97 Å². The molecule has 0 spiro atoms. The quantitative estimate of drug-likeness (QED) is 0.654. The van der Waals surface area contributed by atoms with Crippen LogP contribution >= 0.6 is 0 Å². The fourth-order valence-electron chi connectivity index (χ4n) is 1.88. The smallest absolute Gasteiger partial charge is 0.314 e. The summed E-state index contributed by atoms with van der Waals surface area (Å²) in [7, 11) is 1.35. The van der Waals surface area contributed by atoms with E-state index in [2.05, 4.69) is 9.97 Å². The molecule has 2 rings (SSSR count). The molecule has 120 valence electrons. The Balaban J connectivity index is 2.04. The molecule has 0 amide bonds. The SMILES string of the molecule is COC(=O)C(C)(C)COc1cnc(-c2ccc(C=N)cc2)cn1. The molecule has 0 saturated heterocycles. The van der Waals surface area contributed by atoms with Crippen molar-refractivity contribution in [1.82, 2.24) is 9.97 Å². The highest BCUT2D eigenvalue weighted by molar-refractivity contribution is 5.78. The molecule has 1 N–H and O–H groups in total. The molecular weight excluding hydrogens is 294 g/mol. The van der Waals surface area contributed by atoms with Crippen LogP contribution in [-0.4, -0.2) is 35.9 Å². The Bertz CT molecular complexity index is 679. The minimum absolute atomic E-state index is 0.154. The van der Waals surface area contributed by atoms with Gasteiger partial charge in [-0.15, -0.1) is 0 Å². The van der Waals surface area contributed by atoms with Crippen LogP contribution < -0.4 is 4.74 Å². The molecule has 6 heteroatoms. The van der Waals surface area contributed by atoms with Crippen molar-refractivity contribution >= 4 is 12.2 Å². The number of methoxy groups -OCH3 is 1. The molecule has 2 aromatic rings. The van der Waals surface area contributed by atoms with Gasteiger partial charge in [0.05, 0.1) is 30.6 Å². The van der Waals surface area contributed by atoms with Crippen LogP contribution in [0.5, 0.6) is 5.88 Å². The van der Waals surface area contributed by atoms with E-state index < -0.39 is 5.41 Å². The summed E-state index contributed by atoms with van der Waals surface area (Å²) in [5.74, 6) is 0.00945. The number of esters is 1. The van der Waals surface area contributed by atoms with Crippen molar-refractivity contribution in [2.45, 2.75) is 13.8 Å². The minimum atomic E-state index is -0.752. The molecule has 0 aliphatic rings. The summed E-state index contributed by atoms with van der Waals surface area (Å²) in [6.07, 6.45) is 4.42. The summed E-state index contributed by atoms with van der Waals surface area (Å²) in [6.45, 7) is 3.64. The number of hydrogen-bond acceptors (Lipinski definition) is 6. The van der Waals surface area contributed by atoms with Gasteiger partial charge >= 0.3 is 5.97 Å². The standard InChI is InChI=1S/C17H19N3O3/c1-17(2,16(21)22-3)11-23-15-10-19-14(9-20-15)13-6-4-12(8-18)5-7-13/h4-10,18H,11H2,1-3H3. The van der Waals surface area contributed by atoms with Crippen LogP contribution in [-0.2, 0) is 9.53 Å². The van der Waals surface area contributed by atoms with Gasteiger partial charge in [0.2, 0.25) is 5.88 Å². The lowest BCUT2D eigenvalue weighted by molar-refractivity contribution is -0.152. The third-order valence-corrected chi connectivity index (χ3v) is 3.32. The number of nitrogens with one attached hydrogen (secondary N) is 1. The van der Waals surface area contributed by atoms with Crippen LogP contribution in [0.2, 0.25) is 0 Å². The first-order chi connectivity index (χ1) is 11.0. The Hall–Kier alpha value is -2.76. The maximum atomic E-state index is 11.6. The van der Waals surface area contributed by atoms with Gasteiger partial charge in [-0.05, 0) is 19.4 Å². The van der Waals surface area contributed by atoms with E-state index in [0.717, 1.165) is 11.1 Å². The van der Waals surface area contributed by atoms with Crippen LogP contribution in [0.3, 0.4) is 0 Å². The van der Waals surface area contributed by atoms with Crippen molar-refractivity contribution in [2.24, 2.45) is 5.41 Å². The maximum absolute atomic E-state index is 11.6. The highest BCUT2D eigenvalue weighted by Crippen LogP contribution is 2.21. The first-order valence-electron chi connectivity index (χ1n) is 7.10. The second kappa shape index (κ2) is 7.00. The highest BCUT2D eigenvalue weighted by Gasteiger charge is 2.29. The highest BCUT2D eigenvalue weighted by atomic mass is 16.5. The van der Waals surface area contributed by atoms with Gasteiger partial charge in [-0.2, -0.15) is 0 Å². The zero-order chi connectivity index (χ0) is 16.9. The number of carbonyl (C=O) groups excluding carboxylic acids is 1. The van der Waals surface area contributed by atoms with Crippen LogP contribution in [0.1, 0.15) is 19.4 Å². The van der Waals surface area contributed by atoms with E-state index in [1.165, 1.54) is 19.5 Å². The van der Waals surface area contributed by atoms with Gasteiger partial charge in [0.25, 0.3) is 0 Å². The molecule has 0 aliphatic heterocycles. The van der Waals surface area contributed by atoms with E-state index in [1.807, 2.05) is 24.3 Å². The lowest BCUT2D eigenvalue weighted by Gasteiger charge is -2.21. The molecule has 1 aromatic heterocycles. The van der Waals surface area contributed by atoms with Gasteiger partial charge in [-0.3, -0.25) is 4.79 Å². The van der Waals surface area contributed by atoms with Crippen LogP contribution in [0.4, 0.5) is 0 Å². The van der Waals surface area contributed by atoms with Crippen LogP contribution in [0, 0.1) is 10.8 Å². The van der Waals surface area contributed by atoms with E-state index in [9.17, 15) is 4.79 Å². The molecule has 0 atom stereocenters. The molecule has 0 bridgehead atoms. The molecule has 0 unspecified atom stereocenters. The average molecular weight is 313 g/mol. The minimum Gasteiger partial charge on any atom is -0.475 e. The summed E-state index contributed by atoms with van der Waals surface area (Å²) in [6, 6.07) is 7.44. The molecule has 0 fully saturated rings. The maximum Gasteiger partial charge on any atom is 0.314 e. The van der Waals surface area contributed by atoms with Crippen molar-refractivity contribution in [3.63, 3.8) is 0 Å². The molecular formula is C17H19N3O3. The normalized spacial score (nSPS) is 10.9. The van der Waals surface area contributed by atoms with E-state index in [-0.39, 0.29) is 12.6 Å². The zero-order valence-electron chi connectivity index (χ0n) is 13.4. The summed E-state index contributed by atoms with van der Waals surface area (Å²) in [4.78, 5) is 20.1. The number of nitrogens with zero attached hydrogens (tertiary/aromatic N) is 2. The Morgan fingerprint density at radius 1 is 1.22 bits per heavy atom. The lowest BCUT2D eigenvalue weighted by Crippen LogP contribution is -2.32. The van der Waals surface area contributed by atoms with E-state index in [0.29, 0.717) is 11.6 Å². The third-order valence-electron chi connectivity index (χ3n) is 3.32. The lowest BCUT2D eigenvalue weighted by atomic mass is 9.95. The zero-order valence-corrected chi connectivity index (χ0v) is 13.4. The van der Waals surface area contributed by atoms with Crippen molar-refractivity contribution < 1.29 is 14.3 Å². The number of hydrogen-bond donors (Lipinski definition) is 1. The Morgan fingerprint density at radius 2 is 1.91 bits per heavy atom. The summed E-state index contributed by atoms with van der Waals surface area (Å²) < 4.78 is 10.2. The van der Waals surface area contributed by atoms with Crippen molar-refractivity contribution in [2.75, 3.05) is 13.7 Å². The largest absolute Gasteiger partial charge is 0.475 e. The van der Waals surface area contributed by atoms with E-state index in [1.54, 1.807) is 20.0 Å². The Kier molecular flexibility index (Phi) is 5.05.